The van der Waals surface area contributed by atoms with Gasteiger partial charge in [0.05, 0.1) is 5.92 Å². The quantitative estimate of drug-likeness (QED) is 0.902. The molecule has 1 atom stereocenters. The van der Waals surface area contributed by atoms with Crippen LogP contribution >= 0.6 is 0 Å². The standard InChI is InChI=1S/C20H26N2O4/c23-19-10-14(20(24)21-15-6-4-2-1-3-5-7-15)12-22(19)16-8-9-17-18(11-16)26-13-25-17/h8-9,11,14-15H,1-7,10,12-13H2,(H,21,24). The molecule has 2 fully saturated rings. The molecule has 6 nitrogen and oxygen atoms in total. The van der Waals surface area contributed by atoms with Crippen LogP contribution in [0.1, 0.15) is 51.4 Å². The molecule has 1 N–H and O–H groups in total. The van der Waals surface area contributed by atoms with Crippen LogP contribution in [0, 0.1) is 5.92 Å². The fraction of sp³-hybridized carbons (Fsp3) is 0.600. The van der Waals surface area contributed by atoms with Gasteiger partial charge >= 0.3 is 0 Å². The molecule has 140 valence electrons. The monoisotopic (exact) mass is 358 g/mol. The smallest absolute Gasteiger partial charge is 0.231 e. The van der Waals surface area contributed by atoms with Gasteiger partial charge in [-0.1, -0.05) is 32.1 Å². The van der Waals surface area contributed by atoms with Crippen LogP contribution in [0.5, 0.6) is 11.5 Å². The second-order valence-corrected chi connectivity index (χ2v) is 7.49. The zero-order chi connectivity index (χ0) is 17.9. The summed E-state index contributed by atoms with van der Waals surface area (Å²) in [6.45, 7) is 0.635. The SMILES string of the molecule is O=C(NC1CCCCCCC1)C1CC(=O)N(c2ccc3c(c2)OCO3)C1. The summed E-state index contributed by atoms with van der Waals surface area (Å²) in [5.41, 5.74) is 0.764. The predicted octanol–water partition coefficient (Wildman–Crippen LogP) is 3.00. The van der Waals surface area contributed by atoms with Gasteiger partial charge in [-0.2, -0.15) is 0 Å². The number of anilines is 1. The Hall–Kier alpha value is -2.24. The van der Waals surface area contributed by atoms with Gasteiger partial charge in [0.1, 0.15) is 0 Å². The lowest BCUT2D eigenvalue weighted by molar-refractivity contribution is -0.127. The molecule has 1 unspecified atom stereocenters. The van der Waals surface area contributed by atoms with E-state index in [0.29, 0.717) is 18.0 Å². The van der Waals surface area contributed by atoms with Gasteiger partial charge in [0.2, 0.25) is 18.6 Å². The van der Waals surface area contributed by atoms with E-state index in [0.717, 1.165) is 18.5 Å². The van der Waals surface area contributed by atoms with E-state index in [9.17, 15) is 9.59 Å². The molecule has 2 aliphatic heterocycles. The maximum atomic E-state index is 12.7. The van der Waals surface area contributed by atoms with Crippen LogP contribution in [0.15, 0.2) is 18.2 Å². The zero-order valence-corrected chi connectivity index (χ0v) is 15.0. The highest BCUT2D eigenvalue weighted by Gasteiger charge is 2.36. The van der Waals surface area contributed by atoms with Crippen LogP contribution in [0.2, 0.25) is 0 Å². The molecule has 0 spiro atoms. The van der Waals surface area contributed by atoms with E-state index in [1.807, 2.05) is 18.2 Å². The summed E-state index contributed by atoms with van der Waals surface area (Å²) < 4.78 is 10.7. The van der Waals surface area contributed by atoms with Crippen molar-refractivity contribution in [3.8, 4) is 11.5 Å². The Labute approximate surface area is 153 Å². The fourth-order valence-corrected chi connectivity index (χ4v) is 4.11. The van der Waals surface area contributed by atoms with E-state index in [1.54, 1.807) is 4.90 Å². The summed E-state index contributed by atoms with van der Waals surface area (Å²) in [6.07, 6.45) is 8.56. The summed E-state index contributed by atoms with van der Waals surface area (Å²) in [5, 5.41) is 3.20. The molecule has 0 aromatic heterocycles. The highest BCUT2D eigenvalue weighted by Crippen LogP contribution is 2.37. The van der Waals surface area contributed by atoms with Crippen molar-refractivity contribution in [1.29, 1.82) is 0 Å². The summed E-state index contributed by atoms with van der Waals surface area (Å²) >= 11 is 0. The van der Waals surface area contributed by atoms with Crippen molar-refractivity contribution in [2.45, 2.75) is 57.4 Å². The lowest BCUT2D eigenvalue weighted by atomic mass is 9.96. The lowest BCUT2D eigenvalue weighted by Crippen LogP contribution is -2.40. The van der Waals surface area contributed by atoms with Gasteiger partial charge in [-0.15, -0.1) is 0 Å². The number of rotatable bonds is 3. The molecule has 1 aliphatic carbocycles. The first kappa shape index (κ1) is 17.2. The minimum absolute atomic E-state index is 0.0123. The van der Waals surface area contributed by atoms with E-state index >= 15 is 0 Å². The maximum absolute atomic E-state index is 12.7. The first-order valence-corrected chi connectivity index (χ1v) is 9.71. The Bertz CT molecular complexity index is 682. The van der Waals surface area contributed by atoms with Crippen molar-refractivity contribution >= 4 is 17.5 Å². The number of hydrogen-bond acceptors (Lipinski definition) is 4. The number of hydrogen-bond donors (Lipinski definition) is 1. The van der Waals surface area contributed by atoms with Crippen LogP contribution in [-0.4, -0.2) is 31.2 Å². The van der Waals surface area contributed by atoms with Gasteiger partial charge in [0, 0.05) is 30.8 Å². The average molecular weight is 358 g/mol. The summed E-state index contributed by atoms with van der Waals surface area (Å²) in [4.78, 5) is 26.8. The second kappa shape index (κ2) is 7.56. The number of benzene rings is 1. The minimum Gasteiger partial charge on any atom is -0.454 e. The molecule has 4 rings (SSSR count). The van der Waals surface area contributed by atoms with Crippen molar-refractivity contribution in [3.05, 3.63) is 18.2 Å². The highest BCUT2D eigenvalue weighted by molar-refractivity contribution is 6.00. The number of carbonyl (C=O) groups excluding carboxylic acids is 2. The third-order valence-electron chi connectivity index (χ3n) is 5.62. The first-order chi connectivity index (χ1) is 12.7. The van der Waals surface area contributed by atoms with Gasteiger partial charge < -0.3 is 19.7 Å². The molecule has 6 heteroatoms. The van der Waals surface area contributed by atoms with Crippen molar-refractivity contribution in [2.75, 3.05) is 18.2 Å². The summed E-state index contributed by atoms with van der Waals surface area (Å²) in [7, 11) is 0. The lowest BCUT2D eigenvalue weighted by Gasteiger charge is -2.23. The zero-order valence-electron chi connectivity index (χ0n) is 15.0. The van der Waals surface area contributed by atoms with Crippen LogP contribution in [0.4, 0.5) is 5.69 Å². The van der Waals surface area contributed by atoms with Crippen LogP contribution < -0.4 is 19.7 Å². The molecule has 3 aliphatic rings. The van der Waals surface area contributed by atoms with E-state index < -0.39 is 0 Å². The molecule has 1 aromatic rings. The molecule has 2 amide bonds. The number of nitrogens with one attached hydrogen (secondary N) is 1. The Kier molecular flexibility index (Phi) is 5.00. The van der Waals surface area contributed by atoms with E-state index in [2.05, 4.69) is 5.32 Å². The minimum atomic E-state index is -0.279. The summed E-state index contributed by atoms with van der Waals surface area (Å²) in [5.74, 6) is 1.07. The summed E-state index contributed by atoms with van der Waals surface area (Å²) in [6, 6.07) is 5.74. The molecular formula is C20H26N2O4. The number of ether oxygens (including phenoxy) is 2. The molecule has 0 radical (unpaired) electrons. The third-order valence-corrected chi connectivity index (χ3v) is 5.62. The van der Waals surface area contributed by atoms with Gasteiger partial charge in [-0.3, -0.25) is 9.59 Å². The largest absolute Gasteiger partial charge is 0.454 e. The molecular weight excluding hydrogens is 332 g/mol. The first-order valence-electron chi connectivity index (χ1n) is 9.71. The predicted molar refractivity (Wildman–Crippen MR) is 97.3 cm³/mol. The molecule has 1 aromatic carbocycles. The number of carbonyl (C=O) groups is 2. The number of nitrogens with zero attached hydrogens (tertiary/aromatic N) is 1. The van der Waals surface area contributed by atoms with Gasteiger partial charge in [0.25, 0.3) is 0 Å². The number of amides is 2. The Balaban J connectivity index is 1.38. The van der Waals surface area contributed by atoms with Crippen LogP contribution in [-0.2, 0) is 9.59 Å². The Morgan fingerprint density at radius 1 is 1.04 bits per heavy atom. The average Bonchev–Trinajstić information content (AvgIpc) is 3.22. The van der Waals surface area contributed by atoms with Crippen LogP contribution in [0.3, 0.4) is 0 Å². The topological polar surface area (TPSA) is 67.9 Å². The fourth-order valence-electron chi connectivity index (χ4n) is 4.11. The van der Waals surface area contributed by atoms with Gasteiger partial charge in [-0.25, -0.2) is 0 Å². The van der Waals surface area contributed by atoms with Gasteiger partial charge in [0.15, 0.2) is 11.5 Å². The van der Waals surface area contributed by atoms with Crippen molar-refractivity contribution in [2.24, 2.45) is 5.92 Å². The van der Waals surface area contributed by atoms with Crippen molar-refractivity contribution < 1.29 is 19.1 Å². The van der Waals surface area contributed by atoms with Crippen LogP contribution in [0.25, 0.3) is 0 Å². The molecule has 26 heavy (non-hydrogen) atoms. The normalized spacial score (nSPS) is 23.6. The van der Waals surface area contributed by atoms with E-state index in [-0.39, 0.29) is 37.0 Å². The molecule has 0 bridgehead atoms. The van der Waals surface area contributed by atoms with E-state index in [4.69, 9.17) is 9.47 Å². The van der Waals surface area contributed by atoms with E-state index in [1.165, 1.54) is 32.1 Å². The Morgan fingerprint density at radius 2 is 1.77 bits per heavy atom. The van der Waals surface area contributed by atoms with Crippen molar-refractivity contribution in [1.82, 2.24) is 5.32 Å². The Morgan fingerprint density at radius 3 is 2.58 bits per heavy atom. The number of fused-ring (bicyclic) bond motifs is 1. The second-order valence-electron chi connectivity index (χ2n) is 7.49. The highest BCUT2D eigenvalue weighted by atomic mass is 16.7. The van der Waals surface area contributed by atoms with Gasteiger partial charge in [-0.05, 0) is 25.0 Å². The molecule has 1 saturated carbocycles. The third kappa shape index (κ3) is 3.64. The molecule has 1 saturated heterocycles. The maximum Gasteiger partial charge on any atom is 0.231 e. The van der Waals surface area contributed by atoms with Crippen molar-refractivity contribution in [3.63, 3.8) is 0 Å². The molecule has 2 heterocycles.